The zero-order valence-electron chi connectivity index (χ0n) is 12.7. The molecule has 0 radical (unpaired) electrons. The second kappa shape index (κ2) is 7.71. The van der Waals surface area contributed by atoms with Crippen molar-refractivity contribution in [3.05, 3.63) is 37.4 Å². The van der Waals surface area contributed by atoms with Crippen LogP contribution in [-0.2, 0) is 9.53 Å². The lowest BCUT2D eigenvalue weighted by Crippen LogP contribution is -2.40. The number of hydrogen-bond donors (Lipinski definition) is 0. The van der Waals surface area contributed by atoms with E-state index in [1.165, 1.54) is 12.1 Å². The molecule has 1 heterocycles. The molecule has 1 aromatic rings. The van der Waals surface area contributed by atoms with E-state index in [0.29, 0.717) is 41.7 Å². The van der Waals surface area contributed by atoms with Crippen LogP contribution >= 0.6 is 22.6 Å². The summed E-state index contributed by atoms with van der Waals surface area (Å²) in [5.41, 5.74) is 0.226. The molecule has 0 aromatic heterocycles. The Morgan fingerprint density at radius 3 is 2.61 bits per heavy atom. The summed E-state index contributed by atoms with van der Waals surface area (Å²) in [5.74, 6) is -0.631. The fraction of sp³-hybridized carbons (Fsp3) is 0.467. The van der Waals surface area contributed by atoms with Gasteiger partial charge in [-0.15, -0.1) is 0 Å². The zero-order valence-corrected chi connectivity index (χ0v) is 14.8. The number of amides is 1. The molecule has 0 aliphatic carbocycles. The number of carbonyl (C=O) groups is 2. The van der Waals surface area contributed by atoms with Crippen LogP contribution in [0.4, 0.5) is 5.69 Å². The highest BCUT2D eigenvalue weighted by Crippen LogP contribution is 2.24. The van der Waals surface area contributed by atoms with Gasteiger partial charge in [0.1, 0.15) is 0 Å². The minimum atomic E-state index is -0.514. The summed E-state index contributed by atoms with van der Waals surface area (Å²) in [6.45, 7) is 3.01. The maximum absolute atomic E-state index is 12.6. The first kappa shape index (κ1) is 17.6. The number of nitro groups is 1. The van der Waals surface area contributed by atoms with Gasteiger partial charge in [-0.05, 0) is 48.4 Å². The van der Waals surface area contributed by atoms with E-state index in [4.69, 9.17) is 4.74 Å². The molecular weight excluding hydrogens is 415 g/mol. The molecule has 1 aromatic carbocycles. The Kier molecular flexibility index (Phi) is 5.91. The van der Waals surface area contributed by atoms with Gasteiger partial charge in [0.05, 0.1) is 23.0 Å². The minimum absolute atomic E-state index is 0.102. The number of piperidine rings is 1. The fourth-order valence-electron chi connectivity index (χ4n) is 2.54. The van der Waals surface area contributed by atoms with E-state index in [-0.39, 0.29) is 23.5 Å². The molecule has 0 bridgehead atoms. The predicted octanol–water partition coefficient (Wildman–Crippen LogP) is 2.61. The van der Waals surface area contributed by atoms with Gasteiger partial charge in [-0.2, -0.15) is 0 Å². The number of rotatable bonds is 4. The van der Waals surface area contributed by atoms with Crippen LogP contribution in [0.25, 0.3) is 0 Å². The topological polar surface area (TPSA) is 89.8 Å². The van der Waals surface area contributed by atoms with Crippen LogP contribution in [-0.4, -0.2) is 41.4 Å². The highest BCUT2D eigenvalue weighted by atomic mass is 127. The summed E-state index contributed by atoms with van der Waals surface area (Å²) in [7, 11) is 0. The lowest BCUT2D eigenvalue weighted by Gasteiger charge is -2.31. The van der Waals surface area contributed by atoms with Crippen LogP contribution in [0.15, 0.2) is 18.2 Å². The fourth-order valence-corrected chi connectivity index (χ4v) is 3.11. The van der Waals surface area contributed by atoms with E-state index in [1.54, 1.807) is 17.9 Å². The van der Waals surface area contributed by atoms with E-state index < -0.39 is 4.92 Å². The van der Waals surface area contributed by atoms with Crippen molar-refractivity contribution in [2.75, 3.05) is 19.7 Å². The van der Waals surface area contributed by atoms with Crippen LogP contribution in [0.1, 0.15) is 30.1 Å². The number of non-ortho nitro benzene ring substituents is 1. The molecule has 0 spiro atoms. The molecule has 0 atom stereocenters. The SMILES string of the molecule is CCOC(=O)C1CCN(C(=O)c2cc([N+](=O)[O-])ccc2I)CC1. The first-order valence-electron chi connectivity index (χ1n) is 7.34. The molecule has 7 nitrogen and oxygen atoms in total. The van der Waals surface area contributed by atoms with E-state index in [9.17, 15) is 19.7 Å². The average Bonchev–Trinajstić information content (AvgIpc) is 2.55. The monoisotopic (exact) mass is 432 g/mol. The summed E-state index contributed by atoms with van der Waals surface area (Å²) in [6, 6.07) is 4.25. The van der Waals surface area contributed by atoms with Crippen LogP contribution in [0, 0.1) is 19.6 Å². The van der Waals surface area contributed by atoms with Gasteiger partial charge >= 0.3 is 5.97 Å². The normalized spacial score (nSPS) is 15.3. The van der Waals surface area contributed by atoms with Crippen molar-refractivity contribution < 1.29 is 19.2 Å². The van der Waals surface area contributed by atoms with Crippen molar-refractivity contribution in [1.82, 2.24) is 4.90 Å². The Morgan fingerprint density at radius 2 is 2.04 bits per heavy atom. The first-order valence-corrected chi connectivity index (χ1v) is 8.41. The van der Waals surface area contributed by atoms with E-state index in [1.807, 2.05) is 22.6 Å². The van der Waals surface area contributed by atoms with Gasteiger partial charge in [0.15, 0.2) is 0 Å². The smallest absolute Gasteiger partial charge is 0.309 e. The number of nitrogens with zero attached hydrogens (tertiary/aromatic N) is 2. The van der Waals surface area contributed by atoms with E-state index in [2.05, 4.69) is 0 Å². The second-order valence-corrected chi connectivity index (χ2v) is 6.40. The Hall–Kier alpha value is -1.71. The van der Waals surface area contributed by atoms with Gasteiger partial charge in [-0.1, -0.05) is 0 Å². The molecule has 0 unspecified atom stereocenters. The van der Waals surface area contributed by atoms with E-state index in [0.717, 1.165) is 0 Å². The van der Waals surface area contributed by atoms with Crippen molar-refractivity contribution in [2.24, 2.45) is 5.92 Å². The minimum Gasteiger partial charge on any atom is -0.466 e. The average molecular weight is 432 g/mol. The number of likely N-dealkylation sites (tertiary alicyclic amines) is 1. The molecule has 1 amide bonds. The van der Waals surface area contributed by atoms with Crippen molar-refractivity contribution >= 4 is 40.2 Å². The van der Waals surface area contributed by atoms with Gasteiger partial charge in [-0.3, -0.25) is 19.7 Å². The number of esters is 1. The summed E-state index contributed by atoms with van der Waals surface area (Å²) in [4.78, 5) is 36.3. The molecule has 8 heteroatoms. The summed E-state index contributed by atoms with van der Waals surface area (Å²) in [5, 5.41) is 10.9. The van der Waals surface area contributed by atoms with Gasteiger partial charge in [0.2, 0.25) is 0 Å². The number of benzene rings is 1. The third-order valence-corrected chi connectivity index (χ3v) is 4.73. The van der Waals surface area contributed by atoms with Gasteiger partial charge in [-0.25, -0.2) is 0 Å². The Balaban J connectivity index is 2.07. The zero-order chi connectivity index (χ0) is 17.0. The molecule has 2 rings (SSSR count). The van der Waals surface area contributed by atoms with Crippen molar-refractivity contribution in [1.29, 1.82) is 0 Å². The van der Waals surface area contributed by atoms with Crippen LogP contribution in [0.5, 0.6) is 0 Å². The highest BCUT2D eigenvalue weighted by molar-refractivity contribution is 14.1. The lowest BCUT2D eigenvalue weighted by molar-refractivity contribution is -0.384. The first-order chi connectivity index (χ1) is 10.9. The molecule has 1 aliphatic rings. The lowest BCUT2D eigenvalue weighted by atomic mass is 9.96. The summed E-state index contributed by atoms with van der Waals surface area (Å²) >= 11 is 1.99. The van der Waals surface area contributed by atoms with Gasteiger partial charge in [0.25, 0.3) is 11.6 Å². The molecule has 1 fully saturated rings. The van der Waals surface area contributed by atoms with Crippen molar-refractivity contribution in [3.8, 4) is 0 Å². The summed E-state index contributed by atoms with van der Waals surface area (Å²) < 4.78 is 5.68. The third-order valence-electron chi connectivity index (χ3n) is 3.79. The maximum atomic E-state index is 12.6. The number of ether oxygens (including phenoxy) is 1. The molecule has 1 aliphatic heterocycles. The van der Waals surface area contributed by atoms with E-state index >= 15 is 0 Å². The van der Waals surface area contributed by atoms with Crippen LogP contribution < -0.4 is 0 Å². The highest BCUT2D eigenvalue weighted by Gasteiger charge is 2.29. The number of nitro benzene ring substituents is 1. The Labute approximate surface area is 147 Å². The van der Waals surface area contributed by atoms with Crippen LogP contribution in [0.2, 0.25) is 0 Å². The molecular formula is C15H17IN2O5. The quantitative estimate of drug-likeness (QED) is 0.316. The number of hydrogen-bond acceptors (Lipinski definition) is 5. The maximum Gasteiger partial charge on any atom is 0.309 e. The van der Waals surface area contributed by atoms with Gasteiger partial charge < -0.3 is 9.64 Å². The second-order valence-electron chi connectivity index (χ2n) is 5.24. The van der Waals surface area contributed by atoms with Crippen LogP contribution in [0.3, 0.4) is 0 Å². The summed E-state index contributed by atoms with van der Waals surface area (Å²) in [6.07, 6.45) is 1.10. The van der Waals surface area contributed by atoms with Gasteiger partial charge in [0, 0.05) is 28.8 Å². The Morgan fingerprint density at radius 1 is 1.39 bits per heavy atom. The molecule has 1 saturated heterocycles. The molecule has 124 valence electrons. The molecule has 23 heavy (non-hydrogen) atoms. The predicted molar refractivity (Wildman–Crippen MR) is 91.1 cm³/mol. The molecule has 0 saturated carbocycles. The number of halogens is 1. The largest absolute Gasteiger partial charge is 0.466 e. The van der Waals surface area contributed by atoms with Crippen molar-refractivity contribution in [3.63, 3.8) is 0 Å². The third kappa shape index (κ3) is 4.18. The molecule has 0 N–H and O–H groups in total. The van der Waals surface area contributed by atoms with Crippen molar-refractivity contribution in [2.45, 2.75) is 19.8 Å². The number of carbonyl (C=O) groups excluding carboxylic acids is 2. The standard InChI is InChI=1S/C15H17IN2O5/c1-2-23-15(20)10-5-7-17(8-6-10)14(19)12-9-11(18(21)22)3-4-13(12)16/h3-4,9-10H,2,5-8H2,1H3. The Bertz CT molecular complexity index is 626.